The second kappa shape index (κ2) is 7.59. The van der Waals surface area contributed by atoms with Crippen LogP contribution in [-0.2, 0) is 4.74 Å². The molecule has 1 aromatic carbocycles. The lowest BCUT2D eigenvalue weighted by Crippen LogP contribution is -2.40. The normalized spacial score (nSPS) is 15.3. The zero-order chi connectivity index (χ0) is 16.9. The molecule has 1 N–H and O–H groups in total. The Kier molecular flexibility index (Phi) is 5.27. The van der Waals surface area contributed by atoms with Gasteiger partial charge in [0.2, 0.25) is 0 Å². The van der Waals surface area contributed by atoms with Crippen LogP contribution in [0.2, 0.25) is 0 Å². The number of ether oxygens (including phenoxy) is 1. The molecule has 3 rings (SSSR count). The summed E-state index contributed by atoms with van der Waals surface area (Å²) in [5.74, 6) is -0.241. The Balaban J connectivity index is 1.74. The van der Waals surface area contributed by atoms with Crippen LogP contribution < -0.4 is 5.32 Å². The molecule has 24 heavy (non-hydrogen) atoms. The first-order chi connectivity index (χ1) is 11.7. The summed E-state index contributed by atoms with van der Waals surface area (Å²) < 4.78 is 5.35. The van der Waals surface area contributed by atoms with E-state index < -0.39 is 0 Å². The van der Waals surface area contributed by atoms with Gasteiger partial charge in [-0.2, -0.15) is 0 Å². The Morgan fingerprint density at radius 3 is 2.58 bits per heavy atom. The van der Waals surface area contributed by atoms with E-state index in [9.17, 15) is 9.59 Å². The zero-order valence-corrected chi connectivity index (χ0v) is 14.3. The van der Waals surface area contributed by atoms with E-state index >= 15 is 0 Å². The first-order valence-corrected chi connectivity index (χ1v) is 8.83. The van der Waals surface area contributed by atoms with Gasteiger partial charge >= 0.3 is 0 Å². The molecule has 6 heteroatoms. The van der Waals surface area contributed by atoms with Crippen LogP contribution in [-0.4, -0.2) is 43.0 Å². The third-order valence-electron chi connectivity index (χ3n) is 4.21. The third-order valence-corrected chi connectivity index (χ3v) is 5.08. The minimum absolute atomic E-state index is 0.0494. The molecule has 0 spiro atoms. The molecule has 1 saturated heterocycles. The van der Waals surface area contributed by atoms with Gasteiger partial charge in [-0.15, -0.1) is 11.3 Å². The number of anilines is 1. The van der Waals surface area contributed by atoms with Crippen LogP contribution in [0.3, 0.4) is 0 Å². The maximum absolute atomic E-state index is 12.8. The van der Waals surface area contributed by atoms with Crippen molar-refractivity contribution in [1.82, 2.24) is 4.90 Å². The lowest BCUT2D eigenvalue weighted by atomic mass is 10.1. The van der Waals surface area contributed by atoms with E-state index in [1.165, 1.54) is 11.3 Å². The number of piperidine rings is 1. The van der Waals surface area contributed by atoms with Crippen molar-refractivity contribution in [2.24, 2.45) is 0 Å². The topological polar surface area (TPSA) is 58.6 Å². The smallest absolute Gasteiger partial charge is 0.265 e. The van der Waals surface area contributed by atoms with Crippen LogP contribution in [0.5, 0.6) is 0 Å². The highest BCUT2D eigenvalue weighted by atomic mass is 32.1. The Morgan fingerprint density at radius 1 is 1.17 bits per heavy atom. The average Bonchev–Trinajstić information content (AvgIpc) is 3.16. The number of hydrogen-bond acceptors (Lipinski definition) is 4. The lowest BCUT2D eigenvalue weighted by molar-refractivity contribution is 0.0351. The molecule has 0 radical (unpaired) electrons. The molecular weight excluding hydrogens is 324 g/mol. The maximum Gasteiger partial charge on any atom is 0.265 e. The molecule has 0 saturated carbocycles. The number of benzene rings is 1. The molecule has 2 aromatic rings. The van der Waals surface area contributed by atoms with E-state index in [1.54, 1.807) is 25.3 Å². The van der Waals surface area contributed by atoms with Gasteiger partial charge in [-0.25, -0.2) is 0 Å². The quantitative estimate of drug-likeness (QED) is 0.926. The highest BCUT2D eigenvalue weighted by molar-refractivity contribution is 7.12. The van der Waals surface area contributed by atoms with Crippen molar-refractivity contribution in [1.29, 1.82) is 0 Å². The summed E-state index contributed by atoms with van der Waals surface area (Å²) in [6.45, 7) is 1.34. The highest BCUT2D eigenvalue weighted by Crippen LogP contribution is 2.22. The lowest BCUT2D eigenvalue weighted by Gasteiger charge is -2.31. The van der Waals surface area contributed by atoms with Gasteiger partial charge in [-0.3, -0.25) is 9.59 Å². The number of amides is 2. The predicted octanol–water partition coefficient (Wildman–Crippen LogP) is 3.25. The summed E-state index contributed by atoms with van der Waals surface area (Å²) in [6.07, 6.45) is 1.90. The van der Waals surface area contributed by atoms with Gasteiger partial charge in [0.05, 0.1) is 22.2 Å². The first-order valence-electron chi connectivity index (χ1n) is 7.95. The number of likely N-dealkylation sites (tertiary alicyclic amines) is 1. The van der Waals surface area contributed by atoms with E-state index in [1.807, 2.05) is 28.5 Å². The van der Waals surface area contributed by atoms with Crippen molar-refractivity contribution < 1.29 is 14.3 Å². The Bertz CT molecular complexity index is 707. The first kappa shape index (κ1) is 16.7. The van der Waals surface area contributed by atoms with E-state index in [0.29, 0.717) is 29.2 Å². The molecule has 0 aliphatic carbocycles. The van der Waals surface area contributed by atoms with Gasteiger partial charge in [0, 0.05) is 20.2 Å². The molecule has 0 unspecified atom stereocenters. The highest BCUT2D eigenvalue weighted by Gasteiger charge is 2.25. The molecule has 2 heterocycles. The monoisotopic (exact) mass is 344 g/mol. The van der Waals surface area contributed by atoms with Crippen molar-refractivity contribution in [2.75, 3.05) is 25.5 Å². The van der Waals surface area contributed by atoms with Crippen molar-refractivity contribution in [3.8, 4) is 0 Å². The van der Waals surface area contributed by atoms with Crippen LogP contribution in [0.15, 0.2) is 41.8 Å². The van der Waals surface area contributed by atoms with Crippen LogP contribution >= 0.6 is 11.3 Å². The molecule has 0 atom stereocenters. The fourth-order valence-electron chi connectivity index (χ4n) is 2.84. The minimum Gasteiger partial charge on any atom is -0.381 e. The summed E-state index contributed by atoms with van der Waals surface area (Å²) >= 11 is 1.37. The fraction of sp³-hybridized carbons (Fsp3) is 0.333. The predicted molar refractivity (Wildman–Crippen MR) is 94.6 cm³/mol. The van der Waals surface area contributed by atoms with Gasteiger partial charge in [-0.05, 0) is 36.4 Å². The van der Waals surface area contributed by atoms with Crippen molar-refractivity contribution in [3.05, 3.63) is 52.2 Å². The number of carbonyl (C=O) groups excluding carboxylic acids is 2. The number of nitrogens with one attached hydrogen (secondary N) is 1. The number of thiophene rings is 1. The van der Waals surface area contributed by atoms with Crippen LogP contribution in [0.25, 0.3) is 0 Å². The summed E-state index contributed by atoms with van der Waals surface area (Å²) in [5, 5.41) is 4.71. The summed E-state index contributed by atoms with van der Waals surface area (Å²) in [6, 6.07) is 10.7. The van der Waals surface area contributed by atoms with Gasteiger partial charge in [0.1, 0.15) is 0 Å². The number of methoxy groups -OCH3 is 1. The van der Waals surface area contributed by atoms with Crippen LogP contribution in [0.4, 0.5) is 5.69 Å². The van der Waals surface area contributed by atoms with E-state index in [0.717, 1.165) is 12.8 Å². The summed E-state index contributed by atoms with van der Waals surface area (Å²) in [7, 11) is 1.71. The standard InChI is InChI=1S/C18H20N2O3S/c1-23-13-8-10-20(11-9-13)18(22)14-5-2-3-6-15(14)19-17(21)16-7-4-12-24-16/h2-7,12-13H,8-11H2,1H3,(H,19,21). The van der Waals surface area contributed by atoms with E-state index in [-0.39, 0.29) is 17.9 Å². The largest absolute Gasteiger partial charge is 0.381 e. The van der Waals surface area contributed by atoms with Crippen molar-refractivity contribution >= 4 is 28.8 Å². The molecule has 5 nitrogen and oxygen atoms in total. The fourth-order valence-corrected chi connectivity index (χ4v) is 3.45. The Labute approximate surface area is 145 Å². The molecular formula is C18H20N2O3S. The summed E-state index contributed by atoms with van der Waals surface area (Å²) in [5.41, 5.74) is 1.08. The maximum atomic E-state index is 12.8. The van der Waals surface area contributed by atoms with E-state index in [4.69, 9.17) is 4.74 Å². The van der Waals surface area contributed by atoms with Gasteiger partial charge < -0.3 is 15.0 Å². The molecule has 2 amide bonds. The van der Waals surface area contributed by atoms with Crippen LogP contribution in [0.1, 0.15) is 32.9 Å². The second-order valence-electron chi connectivity index (χ2n) is 5.70. The molecule has 1 aliphatic heterocycles. The molecule has 126 valence electrons. The summed E-state index contributed by atoms with van der Waals surface area (Å²) in [4.78, 5) is 27.5. The minimum atomic E-state index is -0.191. The second-order valence-corrected chi connectivity index (χ2v) is 6.65. The Hall–Kier alpha value is -2.18. The molecule has 1 aliphatic rings. The third kappa shape index (κ3) is 3.66. The number of nitrogens with zero attached hydrogens (tertiary/aromatic N) is 1. The van der Waals surface area contributed by atoms with E-state index in [2.05, 4.69) is 5.32 Å². The van der Waals surface area contributed by atoms with Gasteiger partial charge in [-0.1, -0.05) is 18.2 Å². The SMILES string of the molecule is COC1CCN(C(=O)c2ccccc2NC(=O)c2cccs2)CC1. The number of carbonyl (C=O) groups is 2. The molecule has 0 bridgehead atoms. The van der Waals surface area contributed by atoms with Crippen molar-refractivity contribution in [3.63, 3.8) is 0 Å². The molecule has 1 aromatic heterocycles. The van der Waals surface area contributed by atoms with Gasteiger partial charge in [0.15, 0.2) is 0 Å². The molecule has 1 fully saturated rings. The van der Waals surface area contributed by atoms with Crippen molar-refractivity contribution in [2.45, 2.75) is 18.9 Å². The number of rotatable bonds is 4. The average molecular weight is 344 g/mol. The zero-order valence-electron chi connectivity index (χ0n) is 13.5. The van der Waals surface area contributed by atoms with Crippen LogP contribution in [0, 0.1) is 0 Å². The Morgan fingerprint density at radius 2 is 1.92 bits per heavy atom. The number of para-hydroxylation sites is 1. The number of hydrogen-bond donors (Lipinski definition) is 1. The van der Waals surface area contributed by atoms with Gasteiger partial charge in [0.25, 0.3) is 11.8 Å².